The summed E-state index contributed by atoms with van der Waals surface area (Å²) in [4.78, 5) is 2.86. The summed E-state index contributed by atoms with van der Waals surface area (Å²) in [5.74, 6) is 0. The molecule has 1 aliphatic rings. The van der Waals surface area contributed by atoms with Gasteiger partial charge in [0.25, 0.3) is 0 Å². The zero-order chi connectivity index (χ0) is 10.8. The van der Waals surface area contributed by atoms with Crippen LogP contribution < -0.4 is 5.32 Å². The van der Waals surface area contributed by atoms with E-state index < -0.39 is 0 Å². The van der Waals surface area contributed by atoms with Crippen molar-refractivity contribution in [2.24, 2.45) is 0 Å². The molecule has 0 spiro atoms. The van der Waals surface area contributed by atoms with Crippen LogP contribution in [0.3, 0.4) is 0 Å². The van der Waals surface area contributed by atoms with Crippen molar-refractivity contribution in [1.82, 2.24) is 5.32 Å². The quantitative estimate of drug-likeness (QED) is 0.850. The molecular weight excluding hydrogens is 206 g/mol. The van der Waals surface area contributed by atoms with E-state index in [9.17, 15) is 0 Å². The van der Waals surface area contributed by atoms with Gasteiger partial charge in [-0.3, -0.25) is 0 Å². The van der Waals surface area contributed by atoms with Crippen LogP contribution in [0.15, 0.2) is 6.07 Å². The van der Waals surface area contributed by atoms with Gasteiger partial charge in [-0.2, -0.15) is 0 Å². The maximum Gasteiger partial charge on any atom is 0.0601 e. The average Bonchev–Trinajstić information content (AvgIpc) is 2.43. The van der Waals surface area contributed by atoms with Gasteiger partial charge in [0.1, 0.15) is 0 Å². The topological polar surface area (TPSA) is 21.3 Å². The van der Waals surface area contributed by atoms with E-state index in [0.717, 1.165) is 6.54 Å². The SMILES string of the molecule is COC1CC(NCc2cc(C)sc2C)C1. The number of hydrogen-bond donors (Lipinski definition) is 1. The Morgan fingerprint density at radius 2 is 2.20 bits per heavy atom. The molecule has 1 aliphatic carbocycles. The van der Waals surface area contributed by atoms with Crippen LogP contribution in [-0.2, 0) is 11.3 Å². The van der Waals surface area contributed by atoms with E-state index in [4.69, 9.17) is 4.74 Å². The molecule has 1 saturated carbocycles. The number of thiophene rings is 1. The third kappa shape index (κ3) is 2.60. The van der Waals surface area contributed by atoms with Crippen molar-refractivity contribution >= 4 is 11.3 Å². The third-order valence-corrected chi connectivity index (χ3v) is 4.16. The second-order valence-electron chi connectivity index (χ2n) is 4.35. The van der Waals surface area contributed by atoms with E-state index in [1.54, 1.807) is 7.11 Å². The Kier molecular flexibility index (Phi) is 3.44. The molecule has 1 heterocycles. The summed E-state index contributed by atoms with van der Waals surface area (Å²) in [5.41, 5.74) is 1.46. The molecule has 0 bridgehead atoms. The summed E-state index contributed by atoms with van der Waals surface area (Å²) in [5, 5.41) is 3.58. The van der Waals surface area contributed by atoms with Gasteiger partial charge in [0.05, 0.1) is 6.10 Å². The molecule has 1 aromatic heterocycles. The van der Waals surface area contributed by atoms with E-state index in [2.05, 4.69) is 25.2 Å². The van der Waals surface area contributed by atoms with Gasteiger partial charge in [0.15, 0.2) is 0 Å². The fourth-order valence-electron chi connectivity index (χ4n) is 2.04. The lowest BCUT2D eigenvalue weighted by atomic mass is 9.89. The third-order valence-electron chi connectivity index (χ3n) is 3.15. The predicted octanol–water partition coefficient (Wildman–Crippen LogP) is 2.63. The number of aryl methyl sites for hydroxylation is 2. The molecule has 0 saturated heterocycles. The smallest absolute Gasteiger partial charge is 0.0601 e. The Labute approximate surface area is 95.6 Å². The molecule has 1 fully saturated rings. The van der Waals surface area contributed by atoms with Gasteiger partial charge in [0, 0.05) is 29.5 Å². The zero-order valence-corrected chi connectivity index (χ0v) is 10.5. The Morgan fingerprint density at radius 3 is 2.73 bits per heavy atom. The second-order valence-corrected chi connectivity index (χ2v) is 5.81. The van der Waals surface area contributed by atoms with Crippen molar-refractivity contribution in [3.8, 4) is 0 Å². The highest BCUT2D eigenvalue weighted by molar-refractivity contribution is 7.12. The molecule has 84 valence electrons. The molecular formula is C12H19NOS. The highest BCUT2D eigenvalue weighted by Gasteiger charge is 2.28. The Hall–Kier alpha value is -0.380. The van der Waals surface area contributed by atoms with Gasteiger partial charge in [-0.15, -0.1) is 11.3 Å². The van der Waals surface area contributed by atoms with Crippen LogP contribution in [-0.4, -0.2) is 19.3 Å². The van der Waals surface area contributed by atoms with Crippen molar-refractivity contribution in [3.05, 3.63) is 21.4 Å². The molecule has 2 nitrogen and oxygen atoms in total. The van der Waals surface area contributed by atoms with Crippen molar-refractivity contribution in [1.29, 1.82) is 0 Å². The van der Waals surface area contributed by atoms with Gasteiger partial charge >= 0.3 is 0 Å². The van der Waals surface area contributed by atoms with Crippen molar-refractivity contribution in [3.63, 3.8) is 0 Å². The number of methoxy groups -OCH3 is 1. The second kappa shape index (κ2) is 4.64. The van der Waals surface area contributed by atoms with Crippen LogP contribution in [0.5, 0.6) is 0 Å². The van der Waals surface area contributed by atoms with Crippen LogP contribution >= 0.6 is 11.3 Å². The first-order chi connectivity index (χ1) is 7.19. The molecule has 0 radical (unpaired) electrons. The Bertz CT molecular complexity index is 328. The first-order valence-electron chi connectivity index (χ1n) is 5.51. The standard InChI is InChI=1S/C12H19NOS/c1-8-4-10(9(2)15-8)7-13-11-5-12(6-11)14-3/h4,11-13H,5-7H2,1-3H3. The summed E-state index contributed by atoms with van der Waals surface area (Å²) in [6.07, 6.45) is 2.82. The summed E-state index contributed by atoms with van der Waals surface area (Å²) in [6, 6.07) is 2.95. The number of ether oxygens (including phenoxy) is 1. The largest absolute Gasteiger partial charge is 0.381 e. The highest BCUT2D eigenvalue weighted by Crippen LogP contribution is 2.24. The van der Waals surface area contributed by atoms with Crippen molar-refractivity contribution in [2.75, 3.05) is 7.11 Å². The highest BCUT2D eigenvalue weighted by atomic mass is 32.1. The molecule has 0 aromatic carbocycles. The first kappa shape index (κ1) is 11.1. The van der Waals surface area contributed by atoms with Crippen LogP contribution in [0, 0.1) is 13.8 Å². The maximum absolute atomic E-state index is 5.26. The van der Waals surface area contributed by atoms with Crippen LogP contribution in [0.25, 0.3) is 0 Å². The molecule has 0 unspecified atom stereocenters. The fraction of sp³-hybridized carbons (Fsp3) is 0.667. The molecule has 1 N–H and O–H groups in total. The average molecular weight is 225 g/mol. The summed E-state index contributed by atoms with van der Waals surface area (Å²) in [7, 11) is 1.80. The first-order valence-corrected chi connectivity index (χ1v) is 6.32. The normalized spacial score (nSPS) is 25.3. The summed E-state index contributed by atoms with van der Waals surface area (Å²) >= 11 is 1.89. The van der Waals surface area contributed by atoms with Crippen LogP contribution in [0.1, 0.15) is 28.2 Å². The minimum absolute atomic E-state index is 0.493. The van der Waals surface area contributed by atoms with Gasteiger partial charge in [-0.25, -0.2) is 0 Å². The van der Waals surface area contributed by atoms with Gasteiger partial charge in [-0.05, 0) is 38.3 Å². The minimum atomic E-state index is 0.493. The van der Waals surface area contributed by atoms with Gasteiger partial charge < -0.3 is 10.1 Å². The molecule has 0 atom stereocenters. The van der Waals surface area contributed by atoms with E-state index in [1.807, 2.05) is 11.3 Å². The minimum Gasteiger partial charge on any atom is -0.381 e. The molecule has 1 aromatic rings. The lowest BCUT2D eigenvalue weighted by molar-refractivity contribution is 0.0170. The molecule has 2 rings (SSSR count). The number of hydrogen-bond acceptors (Lipinski definition) is 3. The van der Waals surface area contributed by atoms with Crippen LogP contribution in [0.4, 0.5) is 0 Å². The van der Waals surface area contributed by atoms with E-state index in [0.29, 0.717) is 12.1 Å². The molecule has 15 heavy (non-hydrogen) atoms. The lowest BCUT2D eigenvalue weighted by Crippen LogP contribution is -2.44. The Balaban J connectivity index is 1.77. The lowest BCUT2D eigenvalue weighted by Gasteiger charge is -2.34. The molecule has 0 amide bonds. The van der Waals surface area contributed by atoms with Crippen molar-refractivity contribution < 1.29 is 4.74 Å². The summed E-state index contributed by atoms with van der Waals surface area (Å²) < 4.78 is 5.26. The number of rotatable bonds is 4. The van der Waals surface area contributed by atoms with Gasteiger partial charge in [0.2, 0.25) is 0 Å². The predicted molar refractivity (Wildman–Crippen MR) is 64.5 cm³/mol. The van der Waals surface area contributed by atoms with E-state index >= 15 is 0 Å². The van der Waals surface area contributed by atoms with Gasteiger partial charge in [-0.1, -0.05) is 0 Å². The number of nitrogens with one attached hydrogen (secondary N) is 1. The molecule has 0 aliphatic heterocycles. The maximum atomic E-state index is 5.26. The van der Waals surface area contributed by atoms with E-state index in [-0.39, 0.29) is 0 Å². The van der Waals surface area contributed by atoms with Crippen molar-refractivity contribution in [2.45, 2.75) is 45.4 Å². The fourth-order valence-corrected chi connectivity index (χ4v) is 2.98. The summed E-state index contributed by atoms with van der Waals surface area (Å²) in [6.45, 7) is 5.39. The van der Waals surface area contributed by atoms with Crippen LogP contribution in [0.2, 0.25) is 0 Å². The molecule has 3 heteroatoms. The Morgan fingerprint density at radius 1 is 1.47 bits per heavy atom. The monoisotopic (exact) mass is 225 g/mol. The zero-order valence-electron chi connectivity index (χ0n) is 9.67. The van der Waals surface area contributed by atoms with E-state index in [1.165, 1.54) is 28.2 Å².